The minimum atomic E-state index is -3.88. The molecule has 0 aliphatic rings. The van der Waals surface area contributed by atoms with Crippen molar-refractivity contribution in [3.8, 4) is 5.75 Å². The van der Waals surface area contributed by atoms with Gasteiger partial charge in [0.15, 0.2) is 0 Å². The molecule has 0 amide bonds. The molecule has 128 valence electrons. The van der Waals surface area contributed by atoms with Crippen molar-refractivity contribution in [1.29, 1.82) is 0 Å². The Morgan fingerprint density at radius 3 is 2.25 bits per heavy atom. The normalized spacial score (nSPS) is 11.0. The van der Waals surface area contributed by atoms with Crippen molar-refractivity contribution in [2.45, 2.75) is 4.90 Å². The van der Waals surface area contributed by atoms with Crippen molar-refractivity contribution in [3.63, 3.8) is 0 Å². The molecule has 0 heterocycles. The van der Waals surface area contributed by atoms with E-state index in [1.54, 1.807) is 0 Å². The van der Waals surface area contributed by atoms with Gasteiger partial charge >= 0.3 is 5.97 Å². The molecule has 1 N–H and O–H groups in total. The molecule has 0 unspecified atom stereocenters. The van der Waals surface area contributed by atoms with Crippen LogP contribution in [-0.4, -0.2) is 28.6 Å². The maximum absolute atomic E-state index is 12.4. The second-order valence-corrected chi connectivity index (χ2v) is 7.11. The van der Waals surface area contributed by atoms with Gasteiger partial charge in [0.2, 0.25) is 0 Å². The molecule has 0 aliphatic carbocycles. The third kappa shape index (κ3) is 3.92. The molecular weight excluding hydrogens is 377 g/mol. The molecule has 0 atom stereocenters. The number of methoxy groups -OCH3 is 2. The van der Waals surface area contributed by atoms with Crippen molar-refractivity contribution in [1.82, 2.24) is 0 Å². The third-order valence-corrected chi connectivity index (χ3v) is 5.01. The molecule has 0 fully saturated rings. The number of carbonyl (C=O) groups excluding carboxylic acids is 1. The molecule has 24 heavy (non-hydrogen) atoms. The van der Waals surface area contributed by atoms with Crippen molar-refractivity contribution >= 4 is 44.9 Å². The van der Waals surface area contributed by atoms with Crippen LogP contribution in [0.5, 0.6) is 5.75 Å². The number of rotatable bonds is 5. The Labute approximate surface area is 149 Å². The summed E-state index contributed by atoms with van der Waals surface area (Å²) >= 11 is 11.8. The first-order chi connectivity index (χ1) is 11.3. The van der Waals surface area contributed by atoms with E-state index in [9.17, 15) is 13.2 Å². The quantitative estimate of drug-likeness (QED) is 0.790. The predicted molar refractivity (Wildman–Crippen MR) is 91.6 cm³/mol. The summed E-state index contributed by atoms with van der Waals surface area (Å²) in [6.07, 6.45) is 0. The first kappa shape index (κ1) is 18.4. The van der Waals surface area contributed by atoms with Gasteiger partial charge in [0, 0.05) is 11.1 Å². The number of carbonyl (C=O) groups is 1. The smallest absolute Gasteiger partial charge is 0.341 e. The van der Waals surface area contributed by atoms with E-state index in [1.807, 2.05) is 0 Å². The molecule has 0 bridgehead atoms. The lowest BCUT2D eigenvalue weighted by molar-refractivity contribution is 0.0597. The summed E-state index contributed by atoms with van der Waals surface area (Å²) in [5.74, 6) is -0.527. The number of hydrogen-bond acceptors (Lipinski definition) is 5. The molecule has 2 rings (SSSR count). The van der Waals surface area contributed by atoms with Crippen LogP contribution in [-0.2, 0) is 14.8 Å². The zero-order valence-electron chi connectivity index (χ0n) is 12.7. The third-order valence-electron chi connectivity index (χ3n) is 3.06. The van der Waals surface area contributed by atoms with Crippen LogP contribution >= 0.6 is 23.2 Å². The Balaban J connectivity index is 2.42. The average Bonchev–Trinajstić information content (AvgIpc) is 2.55. The van der Waals surface area contributed by atoms with E-state index in [1.165, 1.54) is 50.6 Å². The van der Waals surface area contributed by atoms with E-state index in [2.05, 4.69) is 9.46 Å². The number of nitrogens with one attached hydrogen (secondary N) is 1. The number of benzene rings is 2. The van der Waals surface area contributed by atoms with Crippen molar-refractivity contribution in [2.75, 3.05) is 18.9 Å². The van der Waals surface area contributed by atoms with Crippen LogP contribution in [0.3, 0.4) is 0 Å². The predicted octanol–water partition coefficient (Wildman–Crippen LogP) is 3.59. The molecule has 2 aromatic carbocycles. The Hall–Kier alpha value is -1.96. The zero-order chi connectivity index (χ0) is 17.9. The highest BCUT2D eigenvalue weighted by Crippen LogP contribution is 2.33. The lowest BCUT2D eigenvalue weighted by Crippen LogP contribution is -2.14. The van der Waals surface area contributed by atoms with Crippen LogP contribution in [0.15, 0.2) is 41.3 Å². The van der Waals surface area contributed by atoms with Gasteiger partial charge in [-0.15, -0.1) is 0 Å². The minimum absolute atomic E-state index is 0.0129. The first-order valence-corrected chi connectivity index (χ1v) is 8.76. The molecule has 0 saturated heterocycles. The van der Waals surface area contributed by atoms with Gasteiger partial charge in [-0.3, -0.25) is 4.72 Å². The lowest BCUT2D eigenvalue weighted by atomic mass is 10.2. The van der Waals surface area contributed by atoms with Crippen LogP contribution in [0.1, 0.15) is 10.4 Å². The van der Waals surface area contributed by atoms with E-state index in [-0.39, 0.29) is 26.9 Å². The Bertz CT molecular complexity index is 866. The molecule has 0 aliphatic heterocycles. The zero-order valence-corrected chi connectivity index (χ0v) is 15.0. The number of anilines is 1. The number of sulfonamides is 1. The van der Waals surface area contributed by atoms with Gasteiger partial charge in [0.1, 0.15) is 11.3 Å². The number of ether oxygens (including phenoxy) is 2. The molecular formula is C15H13Cl2NO5S. The van der Waals surface area contributed by atoms with Gasteiger partial charge in [-0.2, -0.15) is 0 Å². The second kappa shape index (κ2) is 7.29. The number of halogens is 2. The highest BCUT2D eigenvalue weighted by molar-refractivity contribution is 7.92. The summed E-state index contributed by atoms with van der Waals surface area (Å²) in [4.78, 5) is 11.7. The summed E-state index contributed by atoms with van der Waals surface area (Å²) in [7, 11) is -1.33. The Morgan fingerprint density at radius 2 is 1.71 bits per heavy atom. The van der Waals surface area contributed by atoms with E-state index in [0.717, 1.165) is 0 Å². The fraction of sp³-hybridized carbons (Fsp3) is 0.133. The number of esters is 1. The standard InChI is InChI=1S/C15H13Cl2NO5S/c1-22-14-8-13(12(17)7-11(14)15(19)23-2)18-24(20,21)10-5-3-9(16)4-6-10/h3-8,18H,1-2H3. The highest BCUT2D eigenvalue weighted by Gasteiger charge is 2.20. The fourth-order valence-electron chi connectivity index (χ4n) is 1.89. The molecule has 0 spiro atoms. The average molecular weight is 390 g/mol. The monoisotopic (exact) mass is 389 g/mol. The van der Waals surface area contributed by atoms with E-state index in [4.69, 9.17) is 27.9 Å². The van der Waals surface area contributed by atoms with Crippen LogP contribution in [0.2, 0.25) is 10.0 Å². The topological polar surface area (TPSA) is 81.7 Å². The maximum atomic E-state index is 12.4. The largest absolute Gasteiger partial charge is 0.496 e. The van der Waals surface area contributed by atoms with Gasteiger partial charge < -0.3 is 9.47 Å². The summed E-state index contributed by atoms with van der Waals surface area (Å²) < 4.78 is 36.8. The summed E-state index contributed by atoms with van der Waals surface area (Å²) in [6.45, 7) is 0. The van der Waals surface area contributed by atoms with Gasteiger partial charge in [-0.05, 0) is 30.3 Å². The highest BCUT2D eigenvalue weighted by atomic mass is 35.5. The Kier molecular flexibility index (Phi) is 5.58. The molecule has 9 heteroatoms. The Morgan fingerprint density at radius 1 is 1.08 bits per heavy atom. The van der Waals surface area contributed by atoms with Crippen LogP contribution in [0.4, 0.5) is 5.69 Å². The summed E-state index contributed by atoms with van der Waals surface area (Å²) in [6, 6.07) is 8.21. The van der Waals surface area contributed by atoms with Crippen molar-refractivity contribution in [2.24, 2.45) is 0 Å². The molecule has 2 aromatic rings. The summed E-state index contributed by atoms with van der Waals surface area (Å²) in [5, 5.41) is 0.435. The van der Waals surface area contributed by atoms with Gasteiger partial charge in [0.25, 0.3) is 10.0 Å². The molecule has 0 aromatic heterocycles. The van der Waals surface area contributed by atoms with Gasteiger partial charge in [0.05, 0.1) is 29.8 Å². The van der Waals surface area contributed by atoms with E-state index in [0.29, 0.717) is 5.02 Å². The van der Waals surface area contributed by atoms with E-state index >= 15 is 0 Å². The van der Waals surface area contributed by atoms with Gasteiger partial charge in [-0.25, -0.2) is 13.2 Å². The fourth-order valence-corrected chi connectivity index (χ4v) is 3.35. The van der Waals surface area contributed by atoms with Crippen LogP contribution in [0.25, 0.3) is 0 Å². The van der Waals surface area contributed by atoms with E-state index < -0.39 is 16.0 Å². The number of hydrogen-bond donors (Lipinski definition) is 1. The van der Waals surface area contributed by atoms with Crippen LogP contribution < -0.4 is 9.46 Å². The SMILES string of the molecule is COC(=O)c1cc(Cl)c(NS(=O)(=O)c2ccc(Cl)cc2)cc1OC. The molecule has 0 radical (unpaired) electrons. The summed E-state index contributed by atoms with van der Waals surface area (Å²) in [5.41, 5.74) is 0.149. The molecule has 6 nitrogen and oxygen atoms in total. The van der Waals surface area contributed by atoms with Crippen molar-refractivity contribution in [3.05, 3.63) is 52.0 Å². The minimum Gasteiger partial charge on any atom is -0.496 e. The molecule has 0 saturated carbocycles. The maximum Gasteiger partial charge on any atom is 0.341 e. The lowest BCUT2D eigenvalue weighted by Gasteiger charge is -2.13. The van der Waals surface area contributed by atoms with Crippen LogP contribution in [0, 0.1) is 0 Å². The van der Waals surface area contributed by atoms with Crippen molar-refractivity contribution < 1.29 is 22.7 Å². The second-order valence-electron chi connectivity index (χ2n) is 4.58. The van der Waals surface area contributed by atoms with Gasteiger partial charge in [-0.1, -0.05) is 23.2 Å². The first-order valence-electron chi connectivity index (χ1n) is 6.52.